The van der Waals surface area contributed by atoms with Crippen molar-refractivity contribution in [3.63, 3.8) is 0 Å². The summed E-state index contributed by atoms with van der Waals surface area (Å²) in [6, 6.07) is 9.14. The molecule has 1 aromatic carbocycles. The molecule has 0 unspecified atom stereocenters. The van der Waals surface area contributed by atoms with Crippen LogP contribution in [0.4, 0.5) is 0 Å². The van der Waals surface area contributed by atoms with E-state index in [9.17, 15) is 9.90 Å². The summed E-state index contributed by atoms with van der Waals surface area (Å²) in [7, 11) is 1.31. The zero-order chi connectivity index (χ0) is 25.7. The lowest BCUT2D eigenvalue weighted by atomic mass is 10.0. The predicted octanol–water partition coefficient (Wildman–Crippen LogP) is 7.82. The summed E-state index contributed by atoms with van der Waals surface area (Å²) in [5, 5.41) is 10.8. The van der Waals surface area contributed by atoms with Crippen LogP contribution in [0.3, 0.4) is 0 Å². The van der Waals surface area contributed by atoms with Crippen LogP contribution in [0, 0.1) is 0 Å². The molecule has 0 bridgehead atoms. The molecule has 0 aliphatic rings. The molecular weight excluding hydrogens is 481 g/mol. The van der Waals surface area contributed by atoms with Gasteiger partial charge in [0.15, 0.2) is 12.4 Å². The van der Waals surface area contributed by atoms with Gasteiger partial charge in [0.2, 0.25) is 0 Å². The quantitative estimate of drug-likeness (QED) is 0.157. The molecule has 196 valence electrons. The van der Waals surface area contributed by atoms with Gasteiger partial charge < -0.3 is 14.6 Å². The number of ether oxygens (including phenoxy) is 1. The van der Waals surface area contributed by atoms with Crippen LogP contribution in [0.5, 0.6) is 5.75 Å². The van der Waals surface area contributed by atoms with E-state index in [4.69, 9.17) is 27.9 Å². The highest BCUT2D eigenvalue weighted by molar-refractivity contribution is 6.36. The molecule has 2 rings (SSSR count). The van der Waals surface area contributed by atoms with Crippen molar-refractivity contribution in [2.75, 3.05) is 7.11 Å². The van der Waals surface area contributed by atoms with Crippen LogP contribution in [0.2, 0.25) is 10.0 Å². The number of aromatic carboxylic acids is 1. The highest BCUT2D eigenvalue weighted by atomic mass is 35.5. The minimum atomic E-state index is -1.41. The second-order valence-corrected chi connectivity index (χ2v) is 9.75. The summed E-state index contributed by atoms with van der Waals surface area (Å²) in [5.74, 6) is -1.39. The van der Waals surface area contributed by atoms with Gasteiger partial charge in [-0.1, -0.05) is 113 Å². The number of methoxy groups -OCH3 is 1. The molecule has 0 N–H and O–H groups in total. The maximum Gasteiger partial charge on any atom is 0.168 e. The normalized spacial score (nSPS) is 10.5. The maximum absolute atomic E-state index is 10.6. The van der Waals surface area contributed by atoms with Gasteiger partial charge in [-0.15, -0.1) is 0 Å². The SMILES string of the molecule is CCCCCCCCCCCCCCCC[n+]1ccccc1.COc1c(Cl)ccc(Cl)c1C(=O)[O-]. The Morgan fingerprint density at radius 3 is 1.66 bits per heavy atom. The van der Waals surface area contributed by atoms with Crippen LogP contribution in [0.25, 0.3) is 0 Å². The summed E-state index contributed by atoms with van der Waals surface area (Å²) in [6.07, 6.45) is 24.4. The van der Waals surface area contributed by atoms with Crippen LogP contribution in [-0.2, 0) is 6.54 Å². The predicted molar refractivity (Wildman–Crippen MR) is 144 cm³/mol. The lowest BCUT2D eigenvalue weighted by Gasteiger charge is -2.12. The van der Waals surface area contributed by atoms with Gasteiger partial charge in [-0.2, -0.15) is 0 Å². The molecule has 6 heteroatoms. The smallest absolute Gasteiger partial charge is 0.168 e. The highest BCUT2D eigenvalue weighted by Crippen LogP contribution is 2.33. The fourth-order valence-electron chi connectivity index (χ4n) is 4.00. The largest absolute Gasteiger partial charge is 0.545 e. The number of unbranched alkanes of at least 4 members (excludes halogenated alkanes) is 13. The number of pyridine rings is 1. The van der Waals surface area contributed by atoms with Crippen molar-refractivity contribution in [3.8, 4) is 5.75 Å². The zero-order valence-corrected chi connectivity index (χ0v) is 23.1. The molecule has 0 radical (unpaired) electrons. The fraction of sp³-hybridized carbons (Fsp3) is 0.586. The Morgan fingerprint density at radius 2 is 1.23 bits per heavy atom. The summed E-state index contributed by atoms with van der Waals surface area (Å²) in [6.45, 7) is 3.47. The van der Waals surface area contributed by atoms with Crippen LogP contribution >= 0.6 is 23.2 Å². The Morgan fingerprint density at radius 1 is 0.771 bits per heavy atom. The summed E-state index contributed by atoms with van der Waals surface area (Å²) in [5.41, 5.74) is -0.225. The molecule has 0 saturated heterocycles. The number of carboxylic acid groups (broad SMARTS) is 1. The Kier molecular flexibility index (Phi) is 18.2. The van der Waals surface area contributed by atoms with Crippen molar-refractivity contribution >= 4 is 29.2 Å². The molecule has 0 aliphatic carbocycles. The third-order valence-corrected chi connectivity index (χ3v) is 6.63. The standard InChI is InChI=1S/C21H38N.C8H6Cl2O3/c1-2-3-4-5-6-7-8-9-10-11-12-13-14-16-19-22-20-17-15-18-21-22;1-13-7-5(10)3-2-4(9)6(7)8(11)12/h15,17-18,20-21H,2-14,16,19H2,1H3;2-3H,1H3,(H,11,12)/q+1;/p-1. The van der Waals surface area contributed by atoms with Crippen molar-refractivity contribution in [1.29, 1.82) is 0 Å². The lowest BCUT2D eigenvalue weighted by Crippen LogP contribution is -2.32. The third kappa shape index (κ3) is 14.4. The zero-order valence-electron chi connectivity index (χ0n) is 21.6. The van der Waals surface area contributed by atoms with Crippen molar-refractivity contribution in [3.05, 3.63) is 58.3 Å². The van der Waals surface area contributed by atoms with E-state index in [2.05, 4.69) is 42.1 Å². The molecule has 0 atom stereocenters. The van der Waals surface area contributed by atoms with Crippen LogP contribution in [0.1, 0.15) is 107 Å². The van der Waals surface area contributed by atoms with E-state index in [1.165, 1.54) is 116 Å². The van der Waals surface area contributed by atoms with Crippen molar-refractivity contribution in [1.82, 2.24) is 0 Å². The van der Waals surface area contributed by atoms with E-state index in [1.54, 1.807) is 0 Å². The van der Waals surface area contributed by atoms with Gasteiger partial charge >= 0.3 is 0 Å². The first-order chi connectivity index (χ1) is 17.0. The summed E-state index contributed by atoms with van der Waals surface area (Å²) >= 11 is 11.3. The van der Waals surface area contributed by atoms with Gasteiger partial charge in [0.05, 0.1) is 28.7 Å². The molecule has 0 spiro atoms. The molecule has 0 amide bonds. The number of nitrogens with zero attached hydrogens (tertiary/aromatic N) is 1. The average molecular weight is 525 g/mol. The second kappa shape index (κ2) is 20.4. The van der Waals surface area contributed by atoms with Gasteiger partial charge in [0, 0.05) is 18.6 Å². The molecule has 35 heavy (non-hydrogen) atoms. The van der Waals surface area contributed by atoms with E-state index in [1.807, 2.05) is 0 Å². The van der Waals surface area contributed by atoms with Crippen LogP contribution in [-0.4, -0.2) is 13.1 Å². The molecule has 0 saturated carbocycles. The molecule has 4 nitrogen and oxygen atoms in total. The number of carboxylic acids is 1. The topological polar surface area (TPSA) is 53.2 Å². The second-order valence-electron chi connectivity index (χ2n) is 8.93. The number of aromatic nitrogens is 1. The minimum Gasteiger partial charge on any atom is -0.545 e. The number of carbonyl (C=O) groups is 1. The minimum absolute atomic E-state index is 0.0224. The van der Waals surface area contributed by atoms with E-state index in [0.717, 1.165) is 0 Å². The van der Waals surface area contributed by atoms with Gasteiger partial charge in [-0.05, 0) is 18.6 Å². The van der Waals surface area contributed by atoms with E-state index in [0.29, 0.717) is 0 Å². The number of carbonyl (C=O) groups excluding carboxylic acids is 1. The molecule has 0 aliphatic heterocycles. The molecule has 1 heterocycles. The lowest BCUT2D eigenvalue weighted by molar-refractivity contribution is -0.697. The van der Waals surface area contributed by atoms with Crippen LogP contribution < -0.4 is 14.4 Å². The van der Waals surface area contributed by atoms with Crippen molar-refractivity contribution < 1.29 is 19.2 Å². The van der Waals surface area contributed by atoms with Gasteiger partial charge in [-0.3, -0.25) is 0 Å². The molecular formula is C29H43Cl2NO3. The number of benzene rings is 1. The summed E-state index contributed by atoms with van der Waals surface area (Å²) in [4.78, 5) is 10.6. The van der Waals surface area contributed by atoms with E-state index in [-0.39, 0.29) is 21.4 Å². The Labute approximate surface area is 222 Å². The molecule has 2 aromatic rings. The van der Waals surface area contributed by atoms with E-state index < -0.39 is 5.97 Å². The monoisotopic (exact) mass is 523 g/mol. The third-order valence-electron chi connectivity index (χ3n) is 6.01. The highest BCUT2D eigenvalue weighted by Gasteiger charge is 2.12. The number of rotatable bonds is 17. The van der Waals surface area contributed by atoms with Crippen molar-refractivity contribution in [2.45, 2.75) is 103 Å². The van der Waals surface area contributed by atoms with Gasteiger partial charge in [0.1, 0.15) is 12.3 Å². The van der Waals surface area contributed by atoms with Gasteiger partial charge in [-0.25, -0.2) is 4.57 Å². The first-order valence-electron chi connectivity index (χ1n) is 13.2. The Balaban J connectivity index is 0.000000400. The molecule has 0 fully saturated rings. The van der Waals surface area contributed by atoms with Crippen LogP contribution in [0.15, 0.2) is 42.7 Å². The first kappa shape index (κ1) is 31.3. The maximum atomic E-state index is 10.6. The van der Waals surface area contributed by atoms with E-state index >= 15 is 0 Å². The number of hydrogen-bond acceptors (Lipinski definition) is 3. The van der Waals surface area contributed by atoms with Gasteiger partial charge in [0.25, 0.3) is 0 Å². The number of aryl methyl sites for hydroxylation is 1. The summed E-state index contributed by atoms with van der Waals surface area (Å²) < 4.78 is 7.07. The Hall–Kier alpha value is -1.78. The molecule has 1 aromatic heterocycles. The van der Waals surface area contributed by atoms with Crippen molar-refractivity contribution in [2.24, 2.45) is 0 Å². The Bertz CT molecular complexity index is 815. The number of halogens is 2. The first-order valence-corrected chi connectivity index (χ1v) is 13.9. The average Bonchev–Trinajstić information content (AvgIpc) is 2.86. The number of hydrogen-bond donors (Lipinski definition) is 0. The fourth-order valence-corrected chi connectivity index (χ4v) is 4.46.